The number of carbonyl (C=O) groups excluding carboxylic acids is 1. The minimum absolute atomic E-state index is 0.0419. The van der Waals surface area contributed by atoms with Gasteiger partial charge in [-0.15, -0.1) is 0 Å². The second-order valence-corrected chi connectivity index (χ2v) is 4.82. The summed E-state index contributed by atoms with van der Waals surface area (Å²) in [5, 5.41) is 10.9. The second kappa shape index (κ2) is 6.62. The zero-order valence-electron chi connectivity index (χ0n) is 11.1. The highest BCUT2D eigenvalue weighted by Gasteiger charge is 2.46. The number of ether oxygens (including phenoxy) is 1. The predicted octanol–water partition coefficient (Wildman–Crippen LogP) is 1.29. The van der Waals surface area contributed by atoms with Crippen LogP contribution >= 0.6 is 0 Å². The van der Waals surface area contributed by atoms with Crippen LogP contribution in [-0.4, -0.2) is 36.7 Å². The number of aliphatic carboxylic acids is 1. The summed E-state index contributed by atoms with van der Waals surface area (Å²) in [6.45, 7) is -0.194. The third-order valence-corrected chi connectivity index (χ3v) is 3.27. The van der Waals surface area contributed by atoms with E-state index in [0.29, 0.717) is 6.42 Å². The zero-order chi connectivity index (χ0) is 15.4. The van der Waals surface area contributed by atoms with Crippen LogP contribution in [-0.2, 0) is 14.3 Å². The number of carboxylic acids is 1. The van der Waals surface area contributed by atoms with Gasteiger partial charge in [-0.2, -0.15) is 0 Å². The van der Waals surface area contributed by atoms with E-state index in [1.807, 2.05) is 0 Å². The van der Waals surface area contributed by atoms with E-state index in [4.69, 9.17) is 9.84 Å². The van der Waals surface area contributed by atoms with Gasteiger partial charge in [-0.3, -0.25) is 4.79 Å². The molecule has 0 heterocycles. The molecule has 1 amide bonds. The van der Waals surface area contributed by atoms with Crippen molar-refractivity contribution in [2.45, 2.75) is 12.3 Å². The standard InChI is InChI=1S/C14H15F2NO4/c15-10-2-1-3-11(16)13(10)8-6-9(8)14(20)17-4-5-21-7-12(18)19/h1-3,8-9H,4-7H2,(H,17,20)(H,18,19). The first-order chi connectivity index (χ1) is 10.0. The zero-order valence-corrected chi connectivity index (χ0v) is 11.1. The van der Waals surface area contributed by atoms with Crippen molar-refractivity contribution in [1.29, 1.82) is 0 Å². The van der Waals surface area contributed by atoms with Crippen LogP contribution in [0.25, 0.3) is 0 Å². The lowest BCUT2D eigenvalue weighted by atomic mass is 10.1. The summed E-state index contributed by atoms with van der Waals surface area (Å²) in [4.78, 5) is 22.0. The quantitative estimate of drug-likeness (QED) is 0.744. The van der Waals surface area contributed by atoms with Crippen molar-refractivity contribution < 1.29 is 28.2 Å². The highest BCUT2D eigenvalue weighted by Crippen LogP contribution is 2.49. The second-order valence-electron chi connectivity index (χ2n) is 4.82. The van der Waals surface area contributed by atoms with Crippen molar-refractivity contribution in [1.82, 2.24) is 5.32 Å². The molecular formula is C14H15F2NO4. The first kappa shape index (κ1) is 15.4. The summed E-state index contributed by atoms with van der Waals surface area (Å²) in [7, 11) is 0. The van der Waals surface area contributed by atoms with Crippen molar-refractivity contribution in [2.75, 3.05) is 19.8 Å². The summed E-state index contributed by atoms with van der Waals surface area (Å²) in [5.74, 6) is -3.55. The van der Waals surface area contributed by atoms with Gasteiger partial charge in [-0.25, -0.2) is 13.6 Å². The Hall–Kier alpha value is -2.02. The van der Waals surface area contributed by atoms with Gasteiger partial charge >= 0.3 is 5.97 Å². The minimum Gasteiger partial charge on any atom is -0.480 e. The fourth-order valence-electron chi connectivity index (χ4n) is 2.21. The highest BCUT2D eigenvalue weighted by molar-refractivity contribution is 5.82. The number of benzene rings is 1. The molecule has 0 spiro atoms. The first-order valence-corrected chi connectivity index (χ1v) is 6.52. The van der Waals surface area contributed by atoms with E-state index in [-0.39, 0.29) is 24.6 Å². The molecule has 0 aromatic heterocycles. The van der Waals surface area contributed by atoms with Crippen molar-refractivity contribution in [3.8, 4) is 0 Å². The molecule has 1 fully saturated rings. The number of amides is 1. The van der Waals surface area contributed by atoms with Gasteiger partial charge in [-0.05, 0) is 18.6 Å². The van der Waals surface area contributed by atoms with E-state index in [2.05, 4.69) is 5.32 Å². The number of carbonyl (C=O) groups is 2. The van der Waals surface area contributed by atoms with Crippen molar-refractivity contribution in [3.05, 3.63) is 35.4 Å². The lowest BCUT2D eigenvalue weighted by Gasteiger charge is -2.06. The molecule has 21 heavy (non-hydrogen) atoms. The van der Waals surface area contributed by atoms with Crippen LogP contribution in [0.15, 0.2) is 18.2 Å². The fraction of sp³-hybridized carbons (Fsp3) is 0.429. The van der Waals surface area contributed by atoms with Crippen LogP contribution in [0.3, 0.4) is 0 Å². The molecule has 5 nitrogen and oxygen atoms in total. The SMILES string of the molecule is O=C(O)COCCNC(=O)C1CC1c1c(F)cccc1F. The summed E-state index contributed by atoms with van der Waals surface area (Å²) in [6, 6.07) is 3.63. The maximum atomic E-state index is 13.6. The summed E-state index contributed by atoms with van der Waals surface area (Å²) in [6.07, 6.45) is 0.402. The van der Waals surface area contributed by atoms with Gasteiger partial charge < -0.3 is 15.2 Å². The molecule has 1 aromatic rings. The molecule has 1 saturated carbocycles. The van der Waals surface area contributed by atoms with Gasteiger partial charge in [0.1, 0.15) is 18.2 Å². The van der Waals surface area contributed by atoms with Crippen LogP contribution in [0.4, 0.5) is 8.78 Å². The monoisotopic (exact) mass is 299 g/mol. The van der Waals surface area contributed by atoms with Crippen molar-refractivity contribution in [2.24, 2.45) is 5.92 Å². The molecule has 1 aliphatic carbocycles. The number of carboxylic acid groups (broad SMARTS) is 1. The van der Waals surface area contributed by atoms with Crippen LogP contribution in [0.2, 0.25) is 0 Å². The van der Waals surface area contributed by atoms with Gasteiger partial charge in [0.2, 0.25) is 5.91 Å². The number of nitrogens with one attached hydrogen (secondary N) is 1. The van der Waals surface area contributed by atoms with Gasteiger partial charge in [0, 0.05) is 23.9 Å². The van der Waals surface area contributed by atoms with Gasteiger partial charge in [0.05, 0.1) is 6.61 Å². The molecule has 0 bridgehead atoms. The van der Waals surface area contributed by atoms with E-state index in [1.54, 1.807) is 0 Å². The summed E-state index contributed by atoms with van der Waals surface area (Å²) in [5.41, 5.74) is -0.0419. The molecule has 2 N–H and O–H groups in total. The molecule has 2 atom stereocenters. The number of halogens is 2. The fourth-order valence-corrected chi connectivity index (χ4v) is 2.21. The van der Waals surface area contributed by atoms with Crippen LogP contribution < -0.4 is 5.32 Å². The predicted molar refractivity (Wildman–Crippen MR) is 68.7 cm³/mol. The molecule has 1 aromatic carbocycles. The molecule has 0 saturated heterocycles. The Morgan fingerprint density at radius 2 is 2.00 bits per heavy atom. The average molecular weight is 299 g/mol. The van der Waals surface area contributed by atoms with Gasteiger partial charge in [-0.1, -0.05) is 6.07 Å². The summed E-state index contributed by atoms with van der Waals surface area (Å²) >= 11 is 0. The lowest BCUT2D eigenvalue weighted by molar-refractivity contribution is -0.142. The minimum atomic E-state index is -1.08. The highest BCUT2D eigenvalue weighted by atomic mass is 19.1. The van der Waals surface area contributed by atoms with E-state index in [1.165, 1.54) is 18.2 Å². The topological polar surface area (TPSA) is 75.6 Å². The third-order valence-electron chi connectivity index (χ3n) is 3.27. The Labute approximate surface area is 119 Å². The smallest absolute Gasteiger partial charge is 0.329 e. The molecule has 1 aliphatic rings. The average Bonchev–Trinajstić information content (AvgIpc) is 3.18. The molecule has 114 valence electrons. The van der Waals surface area contributed by atoms with E-state index >= 15 is 0 Å². The van der Waals surface area contributed by atoms with Crippen LogP contribution in [0.1, 0.15) is 17.9 Å². The Balaban J connectivity index is 1.78. The normalized spacial score (nSPS) is 20.1. The van der Waals surface area contributed by atoms with Gasteiger partial charge in [0.15, 0.2) is 0 Å². The number of hydrogen-bond donors (Lipinski definition) is 2. The maximum Gasteiger partial charge on any atom is 0.329 e. The third kappa shape index (κ3) is 3.98. The Bertz CT molecular complexity index is 530. The number of hydrogen-bond acceptors (Lipinski definition) is 3. The van der Waals surface area contributed by atoms with Crippen LogP contribution in [0.5, 0.6) is 0 Å². The van der Waals surface area contributed by atoms with Crippen molar-refractivity contribution in [3.63, 3.8) is 0 Å². The maximum absolute atomic E-state index is 13.6. The summed E-state index contributed by atoms with van der Waals surface area (Å²) < 4.78 is 31.9. The van der Waals surface area contributed by atoms with E-state index in [9.17, 15) is 18.4 Å². The molecule has 7 heteroatoms. The Kier molecular flexibility index (Phi) is 4.85. The molecular weight excluding hydrogens is 284 g/mol. The van der Waals surface area contributed by atoms with Gasteiger partial charge in [0.25, 0.3) is 0 Å². The molecule has 2 unspecified atom stereocenters. The van der Waals surface area contributed by atoms with Crippen molar-refractivity contribution >= 4 is 11.9 Å². The molecule has 0 aliphatic heterocycles. The Morgan fingerprint density at radius 1 is 1.33 bits per heavy atom. The van der Waals surface area contributed by atoms with Crippen LogP contribution in [0, 0.1) is 17.6 Å². The molecule has 2 rings (SSSR count). The Morgan fingerprint density at radius 3 is 2.62 bits per heavy atom. The largest absolute Gasteiger partial charge is 0.480 e. The van der Waals surface area contributed by atoms with E-state index in [0.717, 1.165) is 0 Å². The first-order valence-electron chi connectivity index (χ1n) is 6.52. The molecule has 0 radical (unpaired) electrons. The number of rotatable bonds is 7. The lowest BCUT2D eigenvalue weighted by Crippen LogP contribution is -2.29. The van der Waals surface area contributed by atoms with E-state index < -0.39 is 36.0 Å².